The van der Waals surface area contributed by atoms with Gasteiger partial charge < -0.3 is 20.0 Å². The minimum absolute atomic E-state index is 0.140. The van der Waals surface area contributed by atoms with Crippen LogP contribution in [0.1, 0.15) is 66.3 Å². The molecule has 0 aromatic carbocycles. The molecule has 2 aliphatic rings. The van der Waals surface area contributed by atoms with Crippen molar-refractivity contribution in [3.63, 3.8) is 0 Å². The third-order valence-corrected chi connectivity index (χ3v) is 6.03. The van der Waals surface area contributed by atoms with Crippen LogP contribution < -0.4 is 10.6 Å². The van der Waals surface area contributed by atoms with Gasteiger partial charge in [0.25, 0.3) is 11.8 Å². The summed E-state index contributed by atoms with van der Waals surface area (Å²) < 4.78 is 6.69. The van der Waals surface area contributed by atoms with Crippen molar-refractivity contribution < 1.29 is 18.8 Å². The Balaban J connectivity index is 1.54. The average molecular weight is 413 g/mol. The summed E-state index contributed by atoms with van der Waals surface area (Å²) in [6.45, 7) is 4.43. The maximum atomic E-state index is 13.1. The Morgan fingerprint density at radius 1 is 1.33 bits per heavy atom. The molecule has 3 heterocycles. The summed E-state index contributed by atoms with van der Waals surface area (Å²) in [5, 5.41) is 10.2. The van der Waals surface area contributed by atoms with Crippen LogP contribution in [0.15, 0.2) is 28.9 Å². The fourth-order valence-electron chi connectivity index (χ4n) is 4.33. The van der Waals surface area contributed by atoms with Crippen molar-refractivity contribution in [2.45, 2.75) is 64.2 Å². The maximum Gasteiger partial charge on any atom is 0.273 e. The molecule has 1 saturated carbocycles. The van der Waals surface area contributed by atoms with Crippen molar-refractivity contribution in [3.05, 3.63) is 41.6 Å². The number of amides is 3. The smallest absolute Gasteiger partial charge is 0.273 e. The molecular formula is C21H27N5O4. The van der Waals surface area contributed by atoms with Gasteiger partial charge in [-0.25, -0.2) is 0 Å². The number of furan rings is 1. The Hall–Kier alpha value is -3.10. The van der Waals surface area contributed by atoms with E-state index in [2.05, 4.69) is 15.7 Å². The highest BCUT2D eigenvalue weighted by molar-refractivity contribution is 6.01. The van der Waals surface area contributed by atoms with Crippen molar-refractivity contribution >= 4 is 17.7 Å². The number of hydrogen-bond acceptors (Lipinski definition) is 5. The lowest BCUT2D eigenvalue weighted by Gasteiger charge is -2.43. The van der Waals surface area contributed by atoms with E-state index in [0.29, 0.717) is 18.0 Å². The molecule has 9 heteroatoms. The summed E-state index contributed by atoms with van der Waals surface area (Å²) in [6, 6.07) is 5.14. The van der Waals surface area contributed by atoms with Crippen molar-refractivity contribution in [2.24, 2.45) is 0 Å². The first-order valence-corrected chi connectivity index (χ1v) is 10.4. The first kappa shape index (κ1) is 20.2. The number of carbonyl (C=O) groups is 3. The van der Waals surface area contributed by atoms with E-state index in [1.807, 2.05) is 6.92 Å². The van der Waals surface area contributed by atoms with Gasteiger partial charge in [-0.05, 0) is 38.8 Å². The van der Waals surface area contributed by atoms with Crippen molar-refractivity contribution in [3.8, 4) is 0 Å². The highest BCUT2D eigenvalue weighted by atomic mass is 16.3. The molecule has 1 aliphatic heterocycles. The molecule has 1 fully saturated rings. The number of carbonyl (C=O) groups excluding carboxylic acids is 3. The zero-order valence-electron chi connectivity index (χ0n) is 17.3. The van der Waals surface area contributed by atoms with Gasteiger partial charge in [0, 0.05) is 18.7 Å². The normalized spacial score (nSPS) is 21.5. The molecule has 4 rings (SSSR count). The molecule has 2 aromatic rings. The van der Waals surface area contributed by atoms with E-state index in [1.165, 1.54) is 17.0 Å². The van der Waals surface area contributed by atoms with Gasteiger partial charge in [0.05, 0.1) is 19.4 Å². The minimum Gasteiger partial charge on any atom is -0.467 e. The highest BCUT2D eigenvalue weighted by Gasteiger charge is 2.48. The van der Waals surface area contributed by atoms with Gasteiger partial charge in [-0.1, -0.05) is 12.8 Å². The van der Waals surface area contributed by atoms with Crippen LogP contribution in [0.2, 0.25) is 0 Å². The predicted octanol–water partition coefficient (Wildman–Crippen LogP) is 1.70. The van der Waals surface area contributed by atoms with Crippen LogP contribution >= 0.6 is 0 Å². The quantitative estimate of drug-likeness (QED) is 0.749. The molecule has 0 bridgehead atoms. The Morgan fingerprint density at radius 3 is 2.77 bits per heavy atom. The van der Waals surface area contributed by atoms with E-state index in [4.69, 9.17) is 4.42 Å². The van der Waals surface area contributed by atoms with E-state index < -0.39 is 11.4 Å². The number of rotatable bonds is 6. The van der Waals surface area contributed by atoms with Crippen LogP contribution in [-0.4, -0.2) is 50.5 Å². The summed E-state index contributed by atoms with van der Waals surface area (Å²) >= 11 is 0. The topological polar surface area (TPSA) is 109 Å². The Kier molecular flexibility index (Phi) is 5.36. The number of hydrogen-bond donors (Lipinski definition) is 2. The first-order valence-electron chi connectivity index (χ1n) is 10.4. The van der Waals surface area contributed by atoms with Gasteiger partial charge in [0.15, 0.2) is 5.69 Å². The zero-order valence-corrected chi connectivity index (χ0v) is 17.3. The summed E-state index contributed by atoms with van der Waals surface area (Å²) in [7, 11) is 0. The molecule has 2 N–H and O–H groups in total. The van der Waals surface area contributed by atoms with Gasteiger partial charge >= 0.3 is 0 Å². The molecule has 9 nitrogen and oxygen atoms in total. The van der Waals surface area contributed by atoms with E-state index in [0.717, 1.165) is 25.7 Å². The number of likely N-dealkylation sites (N-methyl/N-ethyl adjacent to an activating group) is 1. The summed E-state index contributed by atoms with van der Waals surface area (Å²) in [4.78, 5) is 40.3. The monoisotopic (exact) mass is 413 g/mol. The number of nitrogens with one attached hydrogen (secondary N) is 2. The second-order valence-corrected chi connectivity index (χ2v) is 8.11. The summed E-state index contributed by atoms with van der Waals surface area (Å²) in [5.74, 6) is -0.252. The first-order chi connectivity index (χ1) is 14.4. The van der Waals surface area contributed by atoms with Crippen LogP contribution in [0.3, 0.4) is 0 Å². The molecule has 0 unspecified atom stereocenters. The van der Waals surface area contributed by atoms with Crippen molar-refractivity contribution in [1.82, 2.24) is 25.3 Å². The summed E-state index contributed by atoms with van der Waals surface area (Å²) in [5.41, 5.74) is -0.609. The second kappa shape index (κ2) is 7.97. The fraction of sp³-hybridized carbons (Fsp3) is 0.524. The van der Waals surface area contributed by atoms with E-state index in [-0.39, 0.29) is 36.6 Å². The zero-order chi connectivity index (χ0) is 21.3. The van der Waals surface area contributed by atoms with Crippen LogP contribution in [-0.2, 0) is 17.9 Å². The van der Waals surface area contributed by atoms with Crippen LogP contribution in [0, 0.1) is 0 Å². The molecule has 0 spiro atoms. The van der Waals surface area contributed by atoms with Crippen molar-refractivity contribution in [1.29, 1.82) is 0 Å². The standard InChI is InChI=1S/C21H27N5O4/c1-3-25-19(28)17-11-16(18(27)22-12-15-9-6-10-30-15)24-26(17)13-21(25,2)20(29)23-14-7-4-5-8-14/h6,9-11,14H,3-5,7-8,12-13H2,1-2H3,(H,22,27)(H,23,29)/t21-/m0/s1. The minimum atomic E-state index is -1.06. The maximum absolute atomic E-state index is 13.1. The second-order valence-electron chi connectivity index (χ2n) is 8.11. The molecule has 0 radical (unpaired) electrons. The summed E-state index contributed by atoms with van der Waals surface area (Å²) in [6.07, 6.45) is 5.69. The number of aromatic nitrogens is 2. The third kappa shape index (κ3) is 3.59. The number of fused-ring (bicyclic) bond motifs is 1. The Labute approximate surface area is 174 Å². The van der Waals surface area contributed by atoms with Gasteiger partial charge in [-0.2, -0.15) is 5.10 Å². The lowest BCUT2D eigenvalue weighted by molar-refractivity contribution is -0.133. The molecular weight excluding hydrogens is 386 g/mol. The van der Waals surface area contributed by atoms with Gasteiger partial charge in [0.2, 0.25) is 5.91 Å². The van der Waals surface area contributed by atoms with Crippen LogP contribution in [0.4, 0.5) is 0 Å². The van der Waals surface area contributed by atoms with Gasteiger partial charge in [-0.15, -0.1) is 0 Å². The SMILES string of the molecule is CCN1C(=O)c2cc(C(=O)NCc3ccco3)nn2C[C@@]1(C)C(=O)NC1CCCC1. The lowest BCUT2D eigenvalue weighted by atomic mass is 9.94. The highest BCUT2D eigenvalue weighted by Crippen LogP contribution is 2.28. The van der Waals surface area contributed by atoms with E-state index in [9.17, 15) is 14.4 Å². The average Bonchev–Trinajstić information content (AvgIpc) is 3.48. The molecule has 3 amide bonds. The predicted molar refractivity (Wildman–Crippen MR) is 108 cm³/mol. The molecule has 160 valence electrons. The lowest BCUT2D eigenvalue weighted by Crippen LogP contribution is -2.64. The molecule has 1 aliphatic carbocycles. The van der Waals surface area contributed by atoms with E-state index >= 15 is 0 Å². The van der Waals surface area contributed by atoms with Gasteiger partial charge in [0.1, 0.15) is 17.0 Å². The van der Waals surface area contributed by atoms with Crippen molar-refractivity contribution in [2.75, 3.05) is 6.54 Å². The largest absolute Gasteiger partial charge is 0.467 e. The molecule has 1 atom stereocenters. The van der Waals surface area contributed by atoms with E-state index in [1.54, 1.807) is 24.0 Å². The van der Waals surface area contributed by atoms with Crippen LogP contribution in [0.25, 0.3) is 0 Å². The Bertz CT molecular complexity index is 945. The third-order valence-electron chi connectivity index (χ3n) is 6.03. The Morgan fingerprint density at radius 2 is 2.10 bits per heavy atom. The fourth-order valence-corrected chi connectivity index (χ4v) is 4.33. The van der Waals surface area contributed by atoms with Crippen LogP contribution in [0.5, 0.6) is 0 Å². The van der Waals surface area contributed by atoms with Gasteiger partial charge in [-0.3, -0.25) is 19.1 Å². The molecule has 2 aromatic heterocycles. The molecule has 30 heavy (non-hydrogen) atoms. The molecule has 0 saturated heterocycles. The number of nitrogens with zero attached hydrogens (tertiary/aromatic N) is 3.